The van der Waals surface area contributed by atoms with Gasteiger partial charge in [-0.1, -0.05) is 6.07 Å². The van der Waals surface area contributed by atoms with Gasteiger partial charge in [-0.05, 0) is 50.5 Å². The lowest BCUT2D eigenvalue weighted by atomic mass is 9.93. The smallest absolute Gasteiger partial charge is 0.126 e. The Labute approximate surface area is 95.5 Å². The monoisotopic (exact) mass is 220 g/mol. The third kappa shape index (κ3) is 2.13. The molecule has 0 fully saturated rings. The number of rotatable bonds is 2. The largest absolute Gasteiger partial charge is 0.402 e. The van der Waals surface area contributed by atoms with Crippen LogP contribution in [0.2, 0.25) is 0 Å². The molecule has 16 heavy (non-hydrogen) atoms. The second-order valence-electron chi connectivity index (χ2n) is 4.03. The Morgan fingerprint density at radius 1 is 1.19 bits per heavy atom. The van der Waals surface area contributed by atoms with Crippen molar-refractivity contribution in [2.75, 3.05) is 0 Å². The molecule has 0 amide bonds. The molecule has 3 N–H and O–H groups in total. The Balaban J connectivity index is 3.51. The Morgan fingerprint density at radius 3 is 2.19 bits per heavy atom. The molecule has 0 aliphatic carbocycles. The highest BCUT2D eigenvalue weighted by atomic mass is 19.1. The highest BCUT2D eigenvalue weighted by Crippen LogP contribution is 2.25. The summed E-state index contributed by atoms with van der Waals surface area (Å²) in [7, 11) is 0. The van der Waals surface area contributed by atoms with E-state index >= 15 is 0 Å². The molecule has 0 unspecified atom stereocenters. The molecule has 0 radical (unpaired) electrons. The first-order chi connectivity index (χ1) is 7.36. The average Bonchev–Trinajstić information content (AvgIpc) is 2.17. The van der Waals surface area contributed by atoms with Crippen molar-refractivity contribution in [2.24, 2.45) is 5.73 Å². The van der Waals surface area contributed by atoms with Crippen LogP contribution in [-0.4, -0.2) is 5.71 Å². The first-order valence-electron chi connectivity index (χ1n) is 5.14. The highest BCUT2D eigenvalue weighted by molar-refractivity contribution is 6.22. The molecule has 0 atom stereocenters. The van der Waals surface area contributed by atoms with Crippen LogP contribution in [0, 0.1) is 25.1 Å². The van der Waals surface area contributed by atoms with E-state index in [1.165, 1.54) is 6.07 Å². The summed E-state index contributed by atoms with van der Waals surface area (Å²) in [5.41, 5.74) is 9.74. The van der Waals surface area contributed by atoms with Gasteiger partial charge in [0.25, 0.3) is 0 Å². The van der Waals surface area contributed by atoms with E-state index in [1.807, 2.05) is 6.92 Å². The van der Waals surface area contributed by atoms with Crippen LogP contribution >= 0.6 is 0 Å². The predicted octanol–water partition coefficient (Wildman–Crippen LogP) is 3.17. The zero-order valence-corrected chi connectivity index (χ0v) is 10.1. The van der Waals surface area contributed by atoms with Crippen LogP contribution in [-0.2, 0) is 0 Å². The lowest BCUT2D eigenvalue weighted by molar-refractivity contribution is 0.616. The molecule has 1 rings (SSSR count). The highest BCUT2D eigenvalue weighted by Gasteiger charge is 2.13. The van der Waals surface area contributed by atoms with Crippen LogP contribution < -0.4 is 5.73 Å². The van der Waals surface area contributed by atoms with Gasteiger partial charge < -0.3 is 11.1 Å². The van der Waals surface area contributed by atoms with Gasteiger partial charge in [0.2, 0.25) is 0 Å². The number of hydrogen-bond acceptors (Lipinski definition) is 2. The fourth-order valence-corrected chi connectivity index (χ4v) is 1.77. The van der Waals surface area contributed by atoms with Gasteiger partial charge in [-0.15, -0.1) is 0 Å². The lowest BCUT2D eigenvalue weighted by Crippen LogP contribution is -2.07. The van der Waals surface area contributed by atoms with Gasteiger partial charge in [0.1, 0.15) is 5.82 Å². The Morgan fingerprint density at radius 2 is 1.75 bits per heavy atom. The molecule has 0 heterocycles. The van der Waals surface area contributed by atoms with E-state index in [2.05, 4.69) is 0 Å². The second kappa shape index (κ2) is 4.47. The summed E-state index contributed by atoms with van der Waals surface area (Å²) in [6.07, 6.45) is 0. The van der Waals surface area contributed by atoms with Crippen molar-refractivity contribution in [3.05, 3.63) is 40.3 Å². The van der Waals surface area contributed by atoms with Crippen LogP contribution in [0.4, 0.5) is 4.39 Å². The zero-order valence-electron chi connectivity index (χ0n) is 10.1. The van der Waals surface area contributed by atoms with Crippen LogP contribution in [0.1, 0.15) is 30.5 Å². The number of benzene rings is 1. The van der Waals surface area contributed by atoms with Crippen molar-refractivity contribution in [1.29, 1.82) is 5.41 Å². The molecule has 0 bridgehead atoms. The van der Waals surface area contributed by atoms with Crippen molar-refractivity contribution < 1.29 is 4.39 Å². The summed E-state index contributed by atoms with van der Waals surface area (Å²) in [6, 6.07) is 3.10. The van der Waals surface area contributed by atoms with Gasteiger partial charge >= 0.3 is 0 Å². The van der Waals surface area contributed by atoms with Crippen LogP contribution in [0.15, 0.2) is 17.8 Å². The third-order valence-electron chi connectivity index (χ3n) is 2.76. The maximum absolute atomic E-state index is 13.3. The minimum absolute atomic E-state index is 0.224. The van der Waals surface area contributed by atoms with E-state index < -0.39 is 0 Å². The molecule has 0 aliphatic heterocycles. The van der Waals surface area contributed by atoms with Gasteiger partial charge in [0, 0.05) is 17.0 Å². The molecule has 0 saturated heterocycles. The van der Waals surface area contributed by atoms with Crippen LogP contribution in [0.5, 0.6) is 0 Å². The van der Waals surface area contributed by atoms with E-state index in [0.29, 0.717) is 22.5 Å². The van der Waals surface area contributed by atoms with Crippen molar-refractivity contribution >= 4 is 11.3 Å². The maximum atomic E-state index is 13.3. The number of hydrogen-bond donors (Lipinski definition) is 2. The molecule has 86 valence electrons. The number of nitrogens with one attached hydrogen (secondary N) is 1. The molecule has 2 nitrogen and oxygen atoms in total. The van der Waals surface area contributed by atoms with E-state index in [1.54, 1.807) is 26.8 Å². The van der Waals surface area contributed by atoms with Crippen LogP contribution in [0.25, 0.3) is 5.57 Å². The number of halogens is 1. The minimum Gasteiger partial charge on any atom is -0.402 e. The van der Waals surface area contributed by atoms with E-state index in [4.69, 9.17) is 11.1 Å². The van der Waals surface area contributed by atoms with E-state index in [-0.39, 0.29) is 5.82 Å². The topological polar surface area (TPSA) is 49.9 Å². The Hall–Kier alpha value is -1.64. The molecule has 0 aromatic heterocycles. The SMILES string of the molecule is CC(=N)/C(=C(/C)N)c1ccc(F)c(C)c1C. The van der Waals surface area contributed by atoms with Gasteiger partial charge in [-0.3, -0.25) is 0 Å². The number of allylic oxidation sites excluding steroid dienone is 2. The van der Waals surface area contributed by atoms with Crippen LogP contribution in [0.3, 0.4) is 0 Å². The molecule has 1 aromatic carbocycles. The molecule has 3 heteroatoms. The summed E-state index contributed by atoms with van der Waals surface area (Å²) in [5, 5.41) is 7.71. The quantitative estimate of drug-likeness (QED) is 0.739. The second-order valence-corrected chi connectivity index (χ2v) is 4.03. The fourth-order valence-electron chi connectivity index (χ4n) is 1.77. The van der Waals surface area contributed by atoms with Gasteiger partial charge in [-0.25, -0.2) is 4.39 Å². The first kappa shape index (κ1) is 12.4. The fraction of sp³-hybridized carbons (Fsp3) is 0.308. The molecular formula is C13H17FN2. The van der Waals surface area contributed by atoms with Crippen molar-refractivity contribution in [3.63, 3.8) is 0 Å². The Kier molecular flexibility index (Phi) is 3.48. The van der Waals surface area contributed by atoms with Gasteiger partial charge in [0.05, 0.1) is 0 Å². The molecule has 0 saturated carbocycles. The third-order valence-corrected chi connectivity index (χ3v) is 2.76. The summed E-state index contributed by atoms with van der Waals surface area (Å²) in [5.74, 6) is -0.224. The van der Waals surface area contributed by atoms with E-state index in [0.717, 1.165) is 11.1 Å². The zero-order chi connectivity index (χ0) is 12.5. The average molecular weight is 220 g/mol. The van der Waals surface area contributed by atoms with Crippen molar-refractivity contribution in [3.8, 4) is 0 Å². The number of nitrogens with two attached hydrogens (primary N) is 1. The van der Waals surface area contributed by atoms with Gasteiger partial charge in [0.15, 0.2) is 0 Å². The summed E-state index contributed by atoms with van der Waals surface area (Å²) >= 11 is 0. The summed E-state index contributed by atoms with van der Waals surface area (Å²) in [6.45, 7) is 7.02. The summed E-state index contributed by atoms with van der Waals surface area (Å²) in [4.78, 5) is 0. The maximum Gasteiger partial charge on any atom is 0.126 e. The standard InChI is InChI=1S/C13H17FN2/c1-7-8(2)12(14)6-5-11(7)13(9(3)15)10(4)16/h5-6,15H,16H2,1-4H3/b13-10+,15-9?. The minimum atomic E-state index is -0.224. The predicted molar refractivity (Wildman–Crippen MR) is 66.1 cm³/mol. The first-order valence-corrected chi connectivity index (χ1v) is 5.14. The Bertz CT molecular complexity index is 469. The molecule has 0 spiro atoms. The lowest BCUT2D eigenvalue weighted by Gasteiger charge is -2.14. The normalized spacial score (nSPS) is 12.3. The van der Waals surface area contributed by atoms with E-state index in [9.17, 15) is 4.39 Å². The van der Waals surface area contributed by atoms with Gasteiger partial charge in [-0.2, -0.15) is 0 Å². The van der Waals surface area contributed by atoms with Crippen molar-refractivity contribution in [1.82, 2.24) is 0 Å². The van der Waals surface area contributed by atoms with Crippen molar-refractivity contribution in [2.45, 2.75) is 27.7 Å². The molecular weight excluding hydrogens is 203 g/mol. The summed E-state index contributed by atoms with van der Waals surface area (Å²) < 4.78 is 13.3. The molecule has 0 aliphatic rings. The molecule has 1 aromatic rings.